The molecule has 1 fully saturated rings. The van der Waals surface area contributed by atoms with Gasteiger partial charge in [-0.25, -0.2) is 4.79 Å². The molecule has 0 aliphatic heterocycles. The van der Waals surface area contributed by atoms with Gasteiger partial charge in [0.25, 0.3) is 5.91 Å². The number of ether oxygens (including phenoxy) is 1. The van der Waals surface area contributed by atoms with Crippen molar-refractivity contribution in [3.05, 3.63) is 71.2 Å². The van der Waals surface area contributed by atoms with Gasteiger partial charge in [-0.1, -0.05) is 29.4 Å². The van der Waals surface area contributed by atoms with Crippen molar-refractivity contribution in [3.63, 3.8) is 0 Å². The lowest BCUT2D eigenvalue weighted by Gasteiger charge is -2.20. The van der Waals surface area contributed by atoms with Crippen LogP contribution in [0.2, 0.25) is 0 Å². The Kier molecular flexibility index (Phi) is 7.11. The Morgan fingerprint density at radius 1 is 1.13 bits per heavy atom. The van der Waals surface area contributed by atoms with Crippen molar-refractivity contribution >= 4 is 34.2 Å². The van der Waals surface area contributed by atoms with Crippen LogP contribution in [0.15, 0.2) is 53.2 Å². The number of nitrogens with zero attached hydrogens (tertiary/aromatic N) is 2. The second kappa shape index (κ2) is 10.6. The van der Waals surface area contributed by atoms with Crippen molar-refractivity contribution in [3.8, 4) is 11.1 Å². The normalized spacial score (nSPS) is 16.9. The van der Waals surface area contributed by atoms with Gasteiger partial charge < -0.3 is 25.0 Å². The smallest absolute Gasteiger partial charge is 0.340 e. The number of esters is 1. The Morgan fingerprint density at radius 3 is 2.66 bits per heavy atom. The van der Waals surface area contributed by atoms with Crippen LogP contribution in [0.1, 0.15) is 58.4 Å². The molecule has 1 saturated carbocycles. The molecule has 4 aromatic rings. The summed E-state index contributed by atoms with van der Waals surface area (Å²) in [4.78, 5) is 30.7. The van der Waals surface area contributed by atoms with Gasteiger partial charge in [-0.05, 0) is 63.8 Å². The SMILES string of the molecule is CCOC(=O)c1ccccc1Nc1c(C(=O)NC2CCC[C@H]2O)cnc2cc(-c3c(C)noc3C)ccc12. The van der Waals surface area contributed by atoms with E-state index in [0.717, 1.165) is 23.2 Å². The minimum atomic E-state index is -0.578. The number of benzene rings is 2. The molecule has 1 aliphatic carbocycles. The molecule has 9 heteroatoms. The number of amides is 1. The van der Waals surface area contributed by atoms with E-state index in [0.29, 0.717) is 52.0 Å². The third-order valence-corrected chi connectivity index (χ3v) is 6.91. The minimum Gasteiger partial charge on any atom is -0.462 e. The number of aliphatic hydroxyl groups is 1. The molecule has 2 atom stereocenters. The number of fused-ring (bicyclic) bond motifs is 1. The Balaban J connectivity index is 1.62. The van der Waals surface area contributed by atoms with Gasteiger partial charge in [-0.15, -0.1) is 0 Å². The highest BCUT2D eigenvalue weighted by molar-refractivity contribution is 6.09. The van der Waals surface area contributed by atoms with E-state index in [4.69, 9.17) is 9.26 Å². The number of aliphatic hydroxyl groups excluding tert-OH is 1. The third kappa shape index (κ3) is 4.84. The molecule has 2 aromatic heterocycles. The molecule has 38 heavy (non-hydrogen) atoms. The van der Waals surface area contributed by atoms with Gasteiger partial charge in [0.2, 0.25) is 0 Å². The molecule has 1 amide bonds. The van der Waals surface area contributed by atoms with Crippen LogP contribution in [-0.2, 0) is 4.74 Å². The summed E-state index contributed by atoms with van der Waals surface area (Å²) >= 11 is 0. The zero-order valence-electron chi connectivity index (χ0n) is 21.6. The van der Waals surface area contributed by atoms with Crippen molar-refractivity contribution in [2.24, 2.45) is 0 Å². The van der Waals surface area contributed by atoms with E-state index in [1.807, 2.05) is 32.0 Å². The number of carbonyl (C=O) groups excluding carboxylic acids is 2. The number of hydrogen-bond acceptors (Lipinski definition) is 8. The van der Waals surface area contributed by atoms with Crippen molar-refractivity contribution in [2.45, 2.75) is 52.2 Å². The van der Waals surface area contributed by atoms with E-state index >= 15 is 0 Å². The number of rotatable bonds is 7. The number of para-hydroxylation sites is 1. The molecule has 5 rings (SSSR count). The van der Waals surface area contributed by atoms with Gasteiger partial charge in [-0.2, -0.15) is 0 Å². The molecular formula is C29H30N4O5. The highest BCUT2D eigenvalue weighted by Crippen LogP contribution is 2.35. The summed E-state index contributed by atoms with van der Waals surface area (Å²) in [6.07, 6.45) is 3.16. The molecule has 0 spiro atoms. The zero-order valence-corrected chi connectivity index (χ0v) is 21.6. The van der Waals surface area contributed by atoms with Crippen LogP contribution in [0.3, 0.4) is 0 Å². The standard InChI is InChI=1S/C29H30N4O5/c1-4-37-29(36)20-8-5-6-9-22(20)31-27-19-13-12-18(26-16(2)33-38-17(26)3)14-24(19)30-15-21(27)28(35)32-23-10-7-11-25(23)34/h5-6,8-9,12-15,23,25,34H,4,7,10-11H2,1-3H3,(H,30,31)(H,32,35)/t23?,25-/m1/s1. The summed E-state index contributed by atoms with van der Waals surface area (Å²) in [5.41, 5.74) is 4.87. The summed E-state index contributed by atoms with van der Waals surface area (Å²) in [5, 5.41) is 21.3. The van der Waals surface area contributed by atoms with Gasteiger partial charge in [0, 0.05) is 17.1 Å². The fourth-order valence-corrected chi connectivity index (χ4v) is 5.02. The van der Waals surface area contributed by atoms with E-state index in [2.05, 4.69) is 20.8 Å². The Morgan fingerprint density at radius 2 is 1.95 bits per heavy atom. The number of pyridine rings is 1. The highest BCUT2D eigenvalue weighted by atomic mass is 16.5. The van der Waals surface area contributed by atoms with Crippen LogP contribution in [0.4, 0.5) is 11.4 Å². The Bertz CT molecular complexity index is 1490. The molecule has 0 bridgehead atoms. The van der Waals surface area contributed by atoms with Crippen LogP contribution in [0, 0.1) is 13.8 Å². The predicted molar refractivity (Wildman–Crippen MR) is 144 cm³/mol. The molecule has 1 aliphatic rings. The second-order valence-corrected chi connectivity index (χ2v) is 9.45. The molecule has 1 unspecified atom stereocenters. The van der Waals surface area contributed by atoms with Crippen molar-refractivity contribution in [1.82, 2.24) is 15.5 Å². The fraction of sp³-hybridized carbons (Fsp3) is 0.310. The molecule has 2 heterocycles. The van der Waals surface area contributed by atoms with E-state index < -0.39 is 12.1 Å². The first kappa shape index (κ1) is 25.4. The third-order valence-electron chi connectivity index (χ3n) is 6.91. The lowest BCUT2D eigenvalue weighted by atomic mass is 10.00. The lowest BCUT2D eigenvalue weighted by molar-refractivity contribution is 0.0527. The predicted octanol–water partition coefficient (Wildman–Crippen LogP) is 5.07. The summed E-state index contributed by atoms with van der Waals surface area (Å²) < 4.78 is 10.6. The maximum Gasteiger partial charge on any atom is 0.340 e. The maximum atomic E-state index is 13.5. The fourth-order valence-electron chi connectivity index (χ4n) is 5.02. The first-order valence-electron chi connectivity index (χ1n) is 12.8. The van der Waals surface area contributed by atoms with Gasteiger partial charge in [0.05, 0.1) is 52.5 Å². The van der Waals surface area contributed by atoms with Gasteiger partial charge in [0.1, 0.15) is 5.76 Å². The largest absolute Gasteiger partial charge is 0.462 e. The van der Waals surface area contributed by atoms with Crippen molar-refractivity contribution < 1.29 is 24.0 Å². The van der Waals surface area contributed by atoms with Crippen LogP contribution in [0.5, 0.6) is 0 Å². The zero-order chi connectivity index (χ0) is 26.8. The Labute approximate surface area is 220 Å². The quantitative estimate of drug-likeness (QED) is 0.292. The number of nitrogens with one attached hydrogen (secondary N) is 2. The summed E-state index contributed by atoms with van der Waals surface area (Å²) in [5.74, 6) is -0.110. The highest BCUT2D eigenvalue weighted by Gasteiger charge is 2.28. The molecule has 9 nitrogen and oxygen atoms in total. The van der Waals surface area contributed by atoms with Crippen LogP contribution < -0.4 is 10.6 Å². The molecular weight excluding hydrogens is 484 g/mol. The molecule has 0 radical (unpaired) electrons. The molecule has 196 valence electrons. The molecule has 0 saturated heterocycles. The second-order valence-electron chi connectivity index (χ2n) is 9.45. The number of aryl methyl sites for hydroxylation is 2. The van der Waals surface area contributed by atoms with Crippen LogP contribution in [-0.4, -0.2) is 45.9 Å². The van der Waals surface area contributed by atoms with E-state index in [1.54, 1.807) is 31.2 Å². The van der Waals surface area contributed by atoms with Crippen molar-refractivity contribution in [1.29, 1.82) is 0 Å². The summed E-state index contributed by atoms with van der Waals surface area (Å²) in [6.45, 7) is 5.73. The first-order chi connectivity index (χ1) is 18.4. The monoisotopic (exact) mass is 514 g/mol. The molecule has 3 N–H and O–H groups in total. The van der Waals surface area contributed by atoms with Gasteiger partial charge in [0.15, 0.2) is 0 Å². The van der Waals surface area contributed by atoms with E-state index in [9.17, 15) is 14.7 Å². The average molecular weight is 515 g/mol. The number of hydrogen-bond donors (Lipinski definition) is 3. The van der Waals surface area contributed by atoms with Crippen LogP contribution in [0.25, 0.3) is 22.0 Å². The summed E-state index contributed by atoms with van der Waals surface area (Å²) in [7, 11) is 0. The topological polar surface area (TPSA) is 127 Å². The van der Waals surface area contributed by atoms with Crippen LogP contribution >= 0.6 is 0 Å². The first-order valence-corrected chi connectivity index (χ1v) is 12.8. The molecule has 2 aromatic carbocycles. The Hall–Kier alpha value is -4.24. The summed E-state index contributed by atoms with van der Waals surface area (Å²) in [6, 6.07) is 12.4. The van der Waals surface area contributed by atoms with E-state index in [1.165, 1.54) is 6.20 Å². The minimum absolute atomic E-state index is 0.243. The van der Waals surface area contributed by atoms with Gasteiger partial charge in [-0.3, -0.25) is 9.78 Å². The van der Waals surface area contributed by atoms with Crippen molar-refractivity contribution in [2.75, 3.05) is 11.9 Å². The van der Waals surface area contributed by atoms with Gasteiger partial charge >= 0.3 is 5.97 Å². The number of anilines is 2. The number of aromatic nitrogens is 2. The lowest BCUT2D eigenvalue weighted by Crippen LogP contribution is -2.40. The number of carbonyl (C=O) groups is 2. The van der Waals surface area contributed by atoms with E-state index in [-0.39, 0.29) is 18.6 Å². The average Bonchev–Trinajstić information content (AvgIpc) is 3.47. The maximum absolute atomic E-state index is 13.5.